The van der Waals surface area contributed by atoms with Crippen molar-refractivity contribution >= 4 is 23.2 Å². The lowest BCUT2D eigenvalue weighted by Gasteiger charge is -2.42. The predicted octanol–water partition coefficient (Wildman–Crippen LogP) is 5.32. The molecule has 2 fully saturated rings. The Balaban J connectivity index is 1.31. The third-order valence-corrected chi connectivity index (χ3v) is 7.87. The summed E-state index contributed by atoms with van der Waals surface area (Å²) in [6, 6.07) is 22.8. The van der Waals surface area contributed by atoms with Gasteiger partial charge in [-0.2, -0.15) is 0 Å². The average Bonchev–Trinajstić information content (AvgIpc) is 2.94. The molecule has 3 N–H and O–H groups in total. The number of halogens is 1. The fraction of sp³-hybridized carbons (Fsp3) is 0.387. The smallest absolute Gasteiger partial charge is 0.221 e. The molecular weight excluding hydrogens is 516 g/mol. The van der Waals surface area contributed by atoms with Crippen molar-refractivity contribution in [1.29, 1.82) is 0 Å². The summed E-state index contributed by atoms with van der Waals surface area (Å²) < 4.78 is 12.9. The Morgan fingerprint density at radius 3 is 2.41 bits per heavy atom. The second kappa shape index (κ2) is 12.2. The van der Waals surface area contributed by atoms with Gasteiger partial charge in [0.1, 0.15) is 0 Å². The van der Waals surface area contributed by atoms with Crippen molar-refractivity contribution in [1.82, 2.24) is 4.90 Å². The van der Waals surface area contributed by atoms with E-state index in [2.05, 4.69) is 10.2 Å². The molecule has 39 heavy (non-hydrogen) atoms. The fourth-order valence-corrected chi connectivity index (χ4v) is 5.57. The standard InChI is InChI=1S/C31H35ClN2O5/c1-21(36)33-27-4-2-3-24(17-27)30-38-28(18-29(39-30)23-7-5-22(20-35)6-8-23)19-34-15-13-31(37,14-16-34)25-9-11-26(32)12-10-25/h2-12,17,28-30,35,37H,13-16,18-20H2,1H3,(H,33,36). The van der Waals surface area contributed by atoms with Gasteiger partial charge in [0, 0.05) is 49.3 Å². The summed E-state index contributed by atoms with van der Waals surface area (Å²) in [5.41, 5.74) is 3.44. The van der Waals surface area contributed by atoms with E-state index >= 15 is 0 Å². The fourth-order valence-electron chi connectivity index (χ4n) is 5.44. The maximum Gasteiger partial charge on any atom is 0.221 e. The molecule has 3 atom stereocenters. The Bertz CT molecular complexity index is 1260. The number of benzene rings is 3. The van der Waals surface area contributed by atoms with Crippen LogP contribution in [0.4, 0.5) is 5.69 Å². The number of nitrogens with zero attached hydrogens (tertiary/aromatic N) is 1. The second-order valence-electron chi connectivity index (χ2n) is 10.5. The first kappa shape index (κ1) is 27.8. The van der Waals surface area contributed by atoms with Crippen LogP contribution in [-0.2, 0) is 26.5 Å². The van der Waals surface area contributed by atoms with Gasteiger partial charge in [-0.25, -0.2) is 0 Å². The summed E-state index contributed by atoms with van der Waals surface area (Å²) >= 11 is 6.04. The number of rotatable bonds is 7. The average molecular weight is 551 g/mol. The number of hydrogen-bond donors (Lipinski definition) is 3. The van der Waals surface area contributed by atoms with Crippen molar-refractivity contribution < 1.29 is 24.5 Å². The Hall–Kier alpha value is -2.78. The number of ether oxygens (including phenoxy) is 2. The van der Waals surface area contributed by atoms with Crippen molar-refractivity contribution in [2.45, 2.75) is 56.9 Å². The molecule has 2 aliphatic rings. The number of carbonyl (C=O) groups excluding carboxylic acids is 1. The molecule has 206 valence electrons. The summed E-state index contributed by atoms with van der Waals surface area (Å²) in [7, 11) is 0. The van der Waals surface area contributed by atoms with Crippen molar-refractivity contribution in [3.05, 3.63) is 100 Å². The van der Waals surface area contributed by atoms with Crippen LogP contribution in [0.1, 0.15) is 60.8 Å². The molecular formula is C31H35ClN2O5. The lowest BCUT2D eigenvalue weighted by molar-refractivity contribution is -0.253. The lowest BCUT2D eigenvalue weighted by atomic mass is 9.84. The van der Waals surface area contributed by atoms with E-state index in [4.69, 9.17) is 21.1 Å². The van der Waals surface area contributed by atoms with E-state index in [0.717, 1.165) is 35.3 Å². The lowest BCUT2D eigenvalue weighted by Crippen LogP contribution is -2.46. The van der Waals surface area contributed by atoms with Crippen LogP contribution in [0.2, 0.25) is 5.02 Å². The van der Waals surface area contributed by atoms with Crippen LogP contribution < -0.4 is 5.32 Å². The van der Waals surface area contributed by atoms with Crippen LogP contribution in [-0.4, -0.2) is 46.8 Å². The Kier molecular flexibility index (Phi) is 8.67. The maximum absolute atomic E-state index is 11.6. The highest BCUT2D eigenvalue weighted by Crippen LogP contribution is 2.40. The maximum atomic E-state index is 11.6. The number of likely N-dealkylation sites (tertiary alicyclic amines) is 1. The number of aliphatic hydroxyl groups is 2. The predicted molar refractivity (Wildman–Crippen MR) is 150 cm³/mol. The van der Waals surface area contributed by atoms with Crippen LogP contribution in [0.25, 0.3) is 0 Å². The summed E-state index contributed by atoms with van der Waals surface area (Å²) in [5, 5.41) is 24.2. The first-order valence-electron chi connectivity index (χ1n) is 13.4. The topological polar surface area (TPSA) is 91.3 Å². The Labute approximate surface area is 234 Å². The van der Waals surface area contributed by atoms with Crippen LogP contribution in [0.5, 0.6) is 0 Å². The zero-order valence-electron chi connectivity index (χ0n) is 22.1. The van der Waals surface area contributed by atoms with Gasteiger partial charge < -0.3 is 29.9 Å². The molecule has 0 bridgehead atoms. The number of nitrogens with one attached hydrogen (secondary N) is 1. The first-order chi connectivity index (χ1) is 18.8. The SMILES string of the molecule is CC(=O)Nc1cccc(C2OC(CN3CCC(O)(c4ccc(Cl)cc4)CC3)CC(c3ccc(CO)cc3)O2)c1. The van der Waals surface area contributed by atoms with Crippen molar-refractivity contribution in [3.8, 4) is 0 Å². The van der Waals surface area contributed by atoms with Gasteiger partial charge >= 0.3 is 0 Å². The van der Waals surface area contributed by atoms with E-state index < -0.39 is 11.9 Å². The van der Waals surface area contributed by atoms with Crippen LogP contribution >= 0.6 is 11.6 Å². The number of amides is 1. The molecule has 2 saturated heterocycles. The summed E-state index contributed by atoms with van der Waals surface area (Å²) in [5.74, 6) is -0.138. The third-order valence-electron chi connectivity index (χ3n) is 7.62. The zero-order chi connectivity index (χ0) is 27.4. The molecule has 2 aliphatic heterocycles. The number of hydrogen-bond acceptors (Lipinski definition) is 6. The monoisotopic (exact) mass is 550 g/mol. The number of piperidine rings is 1. The van der Waals surface area contributed by atoms with Crippen LogP contribution in [0.15, 0.2) is 72.8 Å². The van der Waals surface area contributed by atoms with E-state index in [1.807, 2.05) is 72.8 Å². The molecule has 0 saturated carbocycles. The number of carbonyl (C=O) groups is 1. The van der Waals surface area contributed by atoms with Gasteiger partial charge in [0.15, 0.2) is 6.29 Å². The van der Waals surface area contributed by atoms with Gasteiger partial charge in [-0.15, -0.1) is 0 Å². The van der Waals surface area contributed by atoms with E-state index in [1.54, 1.807) is 0 Å². The summed E-state index contributed by atoms with van der Waals surface area (Å²) in [6.07, 6.45) is 1.05. The van der Waals surface area contributed by atoms with E-state index in [-0.39, 0.29) is 24.7 Å². The minimum absolute atomic E-state index is 0.00651. The Morgan fingerprint density at radius 1 is 1.03 bits per heavy atom. The molecule has 0 spiro atoms. The largest absolute Gasteiger partial charge is 0.392 e. The first-order valence-corrected chi connectivity index (χ1v) is 13.8. The summed E-state index contributed by atoms with van der Waals surface area (Å²) in [4.78, 5) is 13.9. The third kappa shape index (κ3) is 6.87. The highest BCUT2D eigenvalue weighted by Gasteiger charge is 2.37. The quantitative estimate of drug-likeness (QED) is 0.369. The molecule has 0 aliphatic carbocycles. The highest BCUT2D eigenvalue weighted by molar-refractivity contribution is 6.30. The molecule has 8 heteroatoms. The molecule has 0 aromatic heterocycles. The van der Waals surface area contributed by atoms with Crippen molar-refractivity contribution in [2.75, 3.05) is 25.0 Å². The molecule has 3 aromatic rings. The van der Waals surface area contributed by atoms with Crippen molar-refractivity contribution in [3.63, 3.8) is 0 Å². The molecule has 3 unspecified atom stereocenters. The molecule has 5 rings (SSSR count). The van der Waals surface area contributed by atoms with E-state index in [0.29, 0.717) is 36.5 Å². The molecule has 2 heterocycles. The van der Waals surface area contributed by atoms with E-state index in [9.17, 15) is 15.0 Å². The van der Waals surface area contributed by atoms with Gasteiger partial charge in [-0.05, 0) is 53.8 Å². The molecule has 3 aromatic carbocycles. The van der Waals surface area contributed by atoms with Gasteiger partial charge in [0.25, 0.3) is 0 Å². The minimum Gasteiger partial charge on any atom is -0.392 e. The summed E-state index contributed by atoms with van der Waals surface area (Å²) in [6.45, 7) is 3.69. The highest BCUT2D eigenvalue weighted by atomic mass is 35.5. The second-order valence-corrected chi connectivity index (χ2v) is 10.9. The van der Waals surface area contributed by atoms with Crippen LogP contribution in [0, 0.1) is 0 Å². The van der Waals surface area contributed by atoms with Gasteiger partial charge in [-0.1, -0.05) is 60.1 Å². The minimum atomic E-state index is -0.860. The van der Waals surface area contributed by atoms with Crippen LogP contribution in [0.3, 0.4) is 0 Å². The molecule has 0 radical (unpaired) electrons. The number of anilines is 1. The normalized spacial score (nSPS) is 23.3. The molecule has 7 nitrogen and oxygen atoms in total. The van der Waals surface area contributed by atoms with Gasteiger partial charge in [-0.3, -0.25) is 4.79 Å². The molecule has 1 amide bonds. The number of aliphatic hydroxyl groups excluding tert-OH is 1. The van der Waals surface area contributed by atoms with Gasteiger partial charge in [0.05, 0.1) is 24.4 Å². The van der Waals surface area contributed by atoms with Gasteiger partial charge in [0.2, 0.25) is 5.91 Å². The Morgan fingerprint density at radius 2 is 1.74 bits per heavy atom. The van der Waals surface area contributed by atoms with E-state index in [1.165, 1.54) is 6.92 Å². The van der Waals surface area contributed by atoms with Crippen molar-refractivity contribution in [2.24, 2.45) is 0 Å². The zero-order valence-corrected chi connectivity index (χ0v) is 22.8.